The molecular weight excluding hydrogens is 184 g/mol. The van der Waals surface area contributed by atoms with Crippen LogP contribution in [-0.4, -0.2) is 37.6 Å². The van der Waals surface area contributed by atoms with Gasteiger partial charge in [0.25, 0.3) is 0 Å². The summed E-state index contributed by atoms with van der Waals surface area (Å²) in [6.45, 7) is 17.3. The first-order valence-corrected chi connectivity index (χ1v) is 6.54. The average Bonchev–Trinajstić information content (AvgIpc) is 2.26. The van der Waals surface area contributed by atoms with E-state index < -0.39 is 0 Å². The SMILES string of the molecule is CCCNCC(C)(CC)CN(CC)CC. The van der Waals surface area contributed by atoms with E-state index in [1.807, 2.05) is 0 Å². The second kappa shape index (κ2) is 8.12. The monoisotopic (exact) mass is 214 g/mol. The fourth-order valence-corrected chi connectivity index (χ4v) is 1.85. The first-order chi connectivity index (χ1) is 7.11. The maximum Gasteiger partial charge on any atom is 0.00471 e. The molecule has 0 fully saturated rings. The molecular formula is C13H30N2. The Labute approximate surface area is 96.4 Å². The van der Waals surface area contributed by atoms with Crippen LogP contribution in [0.15, 0.2) is 0 Å². The largest absolute Gasteiger partial charge is 0.316 e. The molecule has 1 atom stereocenters. The van der Waals surface area contributed by atoms with E-state index in [0.717, 1.165) is 13.1 Å². The molecule has 1 unspecified atom stereocenters. The third-order valence-electron chi connectivity index (χ3n) is 3.33. The summed E-state index contributed by atoms with van der Waals surface area (Å²) < 4.78 is 0. The Morgan fingerprint density at radius 3 is 2.07 bits per heavy atom. The Morgan fingerprint density at radius 1 is 1.07 bits per heavy atom. The highest BCUT2D eigenvalue weighted by Gasteiger charge is 2.23. The van der Waals surface area contributed by atoms with Gasteiger partial charge in [0, 0.05) is 13.1 Å². The lowest BCUT2D eigenvalue weighted by Gasteiger charge is -2.34. The Hall–Kier alpha value is -0.0800. The van der Waals surface area contributed by atoms with Crippen LogP contribution in [0.5, 0.6) is 0 Å². The van der Waals surface area contributed by atoms with Gasteiger partial charge in [0.1, 0.15) is 0 Å². The van der Waals surface area contributed by atoms with Gasteiger partial charge in [-0.15, -0.1) is 0 Å². The lowest BCUT2D eigenvalue weighted by atomic mass is 9.86. The highest BCUT2D eigenvalue weighted by atomic mass is 15.1. The van der Waals surface area contributed by atoms with Gasteiger partial charge < -0.3 is 10.2 Å². The number of nitrogens with zero attached hydrogens (tertiary/aromatic N) is 1. The van der Waals surface area contributed by atoms with Crippen molar-refractivity contribution in [3.63, 3.8) is 0 Å². The van der Waals surface area contributed by atoms with Gasteiger partial charge >= 0.3 is 0 Å². The molecule has 0 aromatic heterocycles. The van der Waals surface area contributed by atoms with Crippen molar-refractivity contribution in [2.45, 2.75) is 47.5 Å². The molecule has 0 saturated heterocycles. The molecule has 0 aliphatic heterocycles. The summed E-state index contributed by atoms with van der Waals surface area (Å²) in [6, 6.07) is 0. The quantitative estimate of drug-likeness (QED) is 0.594. The molecule has 2 nitrogen and oxygen atoms in total. The zero-order chi connectivity index (χ0) is 11.7. The molecule has 0 radical (unpaired) electrons. The number of hydrogen-bond donors (Lipinski definition) is 1. The molecule has 0 rings (SSSR count). The molecule has 0 amide bonds. The van der Waals surface area contributed by atoms with Gasteiger partial charge in [-0.05, 0) is 37.9 Å². The molecule has 0 aliphatic rings. The molecule has 0 aromatic carbocycles. The van der Waals surface area contributed by atoms with E-state index in [2.05, 4.69) is 44.8 Å². The van der Waals surface area contributed by atoms with E-state index in [0.29, 0.717) is 5.41 Å². The summed E-state index contributed by atoms with van der Waals surface area (Å²) in [4.78, 5) is 2.52. The van der Waals surface area contributed by atoms with Crippen molar-refractivity contribution in [1.82, 2.24) is 10.2 Å². The van der Waals surface area contributed by atoms with Crippen LogP contribution in [0.25, 0.3) is 0 Å². The fourth-order valence-electron chi connectivity index (χ4n) is 1.85. The predicted octanol–water partition coefficient (Wildman–Crippen LogP) is 2.74. The smallest absolute Gasteiger partial charge is 0.00471 e. The van der Waals surface area contributed by atoms with E-state index in [4.69, 9.17) is 0 Å². The zero-order valence-electron chi connectivity index (χ0n) is 11.4. The van der Waals surface area contributed by atoms with Gasteiger partial charge in [0.15, 0.2) is 0 Å². The molecule has 0 bridgehead atoms. The van der Waals surface area contributed by atoms with E-state index in [1.54, 1.807) is 0 Å². The lowest BCUT2D eigenvalue weighted by molar-refractivity contribution is 0.166. The minimum absolute atomic E-state index is 0.432. The average molecular weight is 214 g/mol. The Bertz CT molecular complexity index is 143. The normalized spacial score (nSPS) is 15.6. The highest BCUT2D eigenvalue weighted by Crippen LogP contribution is 2.21. The fraction of sp³-hybridized carbons (Fsp3) is 1.00. The molecule has 2 heteroatoms. The maximum absolute atomic E-state index is 3.55. The second-order valence-corrected chi connectivity index (χ2v) is 4.80. The molecule has 0 heterocycles. The summed E-state index contributed by atoms with van der Waals surface area (Å²) in [5, 5.41) is 3.55. The zero-order valence-corrected chi connectivity index (χ0v) is 11.4. The summed E-state index contributed by atoms with van der Waals surface area (Å²) in [7, 11) is 0. The first kappa shape index (κ1) is 14.9. The van der Waals surface area contributed by atoms with Crippen molar-refractivity contribution in [3.05, 3.63) is 0 Å². The van der Waals surface area contributed by atoms with E-state index in [1.165, 1.54) is 32.5 Å². The van der Waals surface area contributed by atoms with Crippen LogP contribution in [0.1, 0.15) is 47.5 Å². The Kier molecular flexibility index (Phi) is 8.07. The first-order valence-electron chi connectivity index (χ1n) is 6.54. The van der Waals surface area contributed by atoms with Gasteiger partial charge in [-0.2, -0.15) is 0 Å². The molecule has 0 saturated carbocycles. The van der Waals surface area contributed by atoms with Crippen molar-refractivity contribution < 1.29 is 0 Å². The Morgan fingerprint density at radius 2 is 1.67 bits per heavy atom. The minimum atomic E-state index is 0.432. The Balaban J connectivity index is 4.04. The summed E-state index contributed by atoms with van der Waals surface area (Å²) >= 11 is 0. The summed E-state index contributed by atoms with van der Waals surface area (Å²) in [5.41, 5.74) is 0.432. The highest BCUT2D eigenvalue weighted by molar-refractivity contribution is 4.79. The topological polar surface area (TPSA) is 15.3 Å². The van der Waals surface area contributed by atoms with Gasteiger partial charge in [-0.3, -0.25) is 0 Å². The maximum atomic E-state index is 3.55. The van der Waals surface area contributed by atoms with Gasteiger partial charge in [0.05, 0.1) is 0 Å². The van der Waals surface area contributed by atoms with Crippen LogP contribution < -0.4 is 5.32 Å². The van der Waals surface area contributed by atoms with Gasteiger partial charge in [-0.1, -0.05) is 34.6 Å². The van der Waals surface area contributed by atoms with Crippen LogP contribution in [-0.2, 0) is 0 Å². The van der Waals surface area contributed by atoms with Crippen molar-refractivity contribution >= 4 is 0 Å². The number of rotatable bonds is 9. The van der Waals surface area contributed by atoms with Crippen molar-refractivity contribution in [2.75, 3.05) is 32.7 Å². The molecule has 92 valence electrons. The second-order valence-electron chi connectivity index (χ2n) is 4.80. The number of hydrogen-bond acceptors (Lipinski definition) is 2. The van der Waals surface area contributed by atoms with E-state index in [9.17, 15) is 0 Å². The summed E-state index contributed by atoms with van der Waals surface area (Å²) in [5.74, 6) is 0. The predicted molar refractivity (Wildman–Crippen MR) is 69.3 cm³/mol. The molecule has 15 heavy (non-hydrogen) atoms. The van der Waals surface area contributed by atoms with Crippen LogP contribution in [0, 0.1) is 5.41 Å². The lowest BCUT2D eigenvalue weighted by Crippen LogP contribution is -2.42. The summed E-state index contributed by atoms with van der Waals surface area (Å²) in [6.07, 6.45) is 2.48. The van der Waals surface area contributed by atoms with Crippen LogP contribution in [0.3, 0.4) is 0 Å². The minimum Gasteiger partial charge on any atom is -0.316 e. The molecule has 1 N–H and O–H groups in total. The third-order valence-corrected chi connectivity index (χ3v) is 3.33. The van der Waals surface area contributed by atoms with Crippen molar-refractivity contribution in [1.29, 1.82) is 0 Å². The number of nitrogens with one attached hydrogen (secondary N) is 1. The van der Waals surface area contributed by atoms with Crippen molar-refractivity contribution in [3.8, 4) is 0 Å². The van der Waals surface area contributed by atoms with E-state index in [-0.39, 0.29) is 0 Å². The van der Waals surface area contributed by atoms with Gasteiger partial charge in [-0.25, -0.2) is 0 Å². The van der Waals surface area contributed by atoms with E-state index >= 15 is 0 Å². The molecule has 0 aromatic rings. The third kappa shape index (κ3) is 6.16. The van der Waals surface area contributed by atoms with Crippen LogP contribution >= 0.6 is 0 Å². The van der Waals surface area contributed by atoms with Crippen LogP contribution in [0.2, 0.25) is 0 Å². The molecule has 0 spiro atoms. The van der Waals surface area contributed by atoms with Crippen LogP contribution in [0.4, 0.5) is 0 Å². The molecule has 0 aliphatic carbocycles. The van der Waals surface area contributed by atoms with Gasteiger partial charge in [0.2, 0.25) is 0 Å². The van der Waals surface area contributed by atoms with Crippen molar-refractivity contribution in [2.24, 2.45) is 5.41 Å². The standard InChI is InChI=1S/C13H30N2/c1-6-10-14-11-13(5,7-2)12-15(8-3)9-4/h14H,6-12H2,1-5H3.